The first-order valence-electron chi connectivity index (χ1n) is 8.69. The number of hydrogen-bond acceptors (Lipinski definition) is 7. The Morgan fingerprint density at radius 3 is 2.45 bits per heavy atom. The topological polar surface area (TPSA) is 90.7 Å². The van der Waals surface area contributed by atoms with Crippen LogP contribution in [0.15, 0.2) is 41.3 Å². The van der Waals surface area contributed by atoms with Gasteiger partial charge in [-0.1, -0.05) is 30.0 Å². The number of aryl methyl sites for hydroxylation is 2. The standard InChI is InChI=1S/C20H18N2O5S2/c1-12-7-13(2)9-16(8-12)26-5-6-27-17-4-3-15(22(24)25)10-14(17)11-18-19(23)21-20(28)29-18/h3-4,7-11H,5-6H2,1-2H3,(H,21,23,28)/b18-11+. The number of carbonyl (C=O) groups is 1. The largest absolute Gasteiger partial charge is 0.490 e. The van der Waals surface area contributed by atoms with Crippen LogP contribution in [0.1, 0.15) is 16.7 Å². The summed E-state index contributed by atoms with van der Waals surface area (Å²) in [5.41, 5.74) is 2.54. The zero-order valence-electron chi connectivity index (χ0n) is 15.8. The van der Waals surface area contributed by atoms with E-state index in [0.717, 1.165) is 28.6 Å². The van der Waals surface area contributed by atoms with Gasteiger partial charge in [0.05, 0.1) is 9.83 Å². The Balaban J connectivity index is 1.72. The molecule has 0 unspecified atom stereocenters. The minimum absolute atomic E-state index is 0.0957. The summed E-state index contributed by atoms with van der Waals surface area (Å²) < 4.78 is 11.8. The number of nitro benzene ring substituents is 1. The number of thiocarbonyl (C=S) groups is 1. The summed E-state index contributed by atoms with van der Waals surface area (Å²) in [5, 5.41) is 13.6. The molecule has 7 nitrogen and oxygen atoms in total. The molecule has 0 atom stereocenters. The molecule has 1 saturated heterocycles. The maximum absolute atomic E-state index is 11.9. The number of ether oxygens (including phenoxy) is 2. The third-order valence-corrected chi connectivity index (χ3v) is 5.10. The van der Waals surface area contributed by atoms with Crippen molar-refractivity contribution in [3.8, 4) is 11.5 Å². The van der Waals surface area contributed by atoms with Gasteiger partial charge in [-0.2, -0.15) is 0 Å². The molecule has 1 heterocycles. The lowest BCUT2D eigenvalue weighted by Crippen LogP contribution is -2.17. The van der Waals surface area contributed by atoms with Crippen molar-refractivity contribution in [3.63, 3.8) is 0 Å². The van der Waals surface area contributed by atoms with E-state index >= 15 is 0 Å². The Morgan fingerprint density at radius 1 is 1.14 bits per heavy atom. The SMILES string of the molecule is Cc1cc(C)cc(OCCOc2ccc([N+](=O)[O-])cc2/C=C2/SC(=S)NC2=O)c1. The molecule has 1 aliphatic heterocycles. The number of thioether (sulfide) groups is 1. The maximum atomic E-state index is 11.9. The lowest BCUT2D eigenvalue weighted by molar-refractivity contribution is -0.384. The molecule has 1 N–H and O–H groups in total. The second kappa shape index (κ2) is 9.06. The maximum Gasteiger partial charge on any atom is 0.270 e. The number of benzene rings is 2. The molecule has 1 aliphatic rings. The molecule has 9 heteroatoms. The molecule has 1 amide bonds. The number of rotatable bonds is 7. The number of nitrogens with zero attached hydrogens (tertiary/aromatic N) is 1. The summed E-state index contributed by atoms with van der Waals surface area (Å²) in [5.74, 6) is 0.832. The molecule has 29 heavy (non-hydrogen) atoms. The summed E-state index contributed by atoms with van der Waals surface area (Å²) in [6.45, 7) is 4.53. The van der Waals surface area contributed by atoms with Crippen LogP contribution < -0.4 is 14.8 Å². The highest BCUT2D eigenvalue weighted by atomic mass is 32.2. The zero-order valence-corrected chi connectivity index (χ0v) is 17.4. The average molecular weight is 431 g/mol. The smallest absolute Gasteiger partial charge is 0.270 e. The summed E-state index contributed by atoms with van der Waals surface area (Å²) in [7, 11) is 0. The van der Waals surface area contributed by atoms with Crippen LogP contribution in [0, 0.1) is 24.0 Å². The molecule has 0 saturated carbocycles. The monoisotopic (exact) mass is 430 g/mol. The number of non-ortho nitro benzene ring substituents is 1. The molecule has 150 valence electrons. The molecule has 0 aromatic heterocycles. The third kappa shape index (κ3) is 5.55. The average Bonchev–Trinajstić information content (AvgIpc) is 2.95. The molecule has 0 radical (unpaired) electrons. The fourth-order valence-corrected chi connectivity index (χ4v) is 3.82. The van der Waals surface area contributed by atoms with Crippen LogP contribution in [-0.4, -0.2) is 28.4 Å². The van der Waals surface area contributed by atoms with E-state index < -0.39 is 4.92 Å². The summed E-state index contributed by atoms with van der Waals surface area (Å²) >= 11 is 6.08. The van der Waals surface area contributed by atoms with Crippen molar-refractivity contribution in [2.45, 2.75) is 13.8 Å². The molecule has 0 aliphatic carbocycles. The van der Waals surface area contributed by atoms with Crippen molar-refractivity contribution in [2.24, 2.45) is 0 Å². The molecular formula is C20H18N2O5S2. The van der Waals surface area contributed by atoms with Crippen LogP contribution >= 0.6 is 24.0 Å². The van der Waals surface area contributed by atoms with Gasteiger partial charge in [-0.05, 0) is 49.2 Å². The van der Waals surface area contributed by atoms with Gasteiger partial charge >= 0.3 is 0 Å². The zero-order chi connectivity index (χ0) is 21.0. The van der Waals surface area contributed by atoms with Crippen molar-refractivity contribution in [1.29, 1.82) is 0 Å². The van der Waals surface area contributed by atoms with Crippen LogP contribution in [0.5, 0.6) is 11.5 Å². The first kappa shape index (κ1) is 20.8. The van der Waals surface area contributed by atoms with Gasteiger partial charge in [-0.3, -0.25) is 14.9 Å². The Bertz CT molecular complexity index is 1000. The second-order valence-corrected chi connectivity index (χ2v) is 8.07. The van der Waals surface area contributed by atoms with Gasteiger partial charge < -0.3 is 14.8 Å². The molecule has 2 aromatic rings. The van der Waals surface area contributed by atoms with E-state index in [-0.39, 0.29) is 18.2 Å². The van der Waals surface area contributed by atoms with Gasteiger partial charge in [0.1, 0.15) is 29.0 Å². The van der Waals surface area contributed by atoms with Crippen LogP contribution in [-0.2, 0) is 4.79 Å². The van der Waals surface area contributed by atoms with Gasteiger partial charge in [0.25, 0.3) is 11.6 Å². The van der Waals surface area contributed by atoms with Crippen molar-refractivity contribution in [3.05, 3.63) is 68.1 Å². The highest BCUT2D eigenvalue weighted by Crippen LogP contribution is 2.31. The molecule has 1 fully saturated rings. The van der Waals surface area contributed by atoms with Gasteiger partial charge in [0, 0.05) is 17.7 Å². The first-order chi connectivity index (χ1) is 13.8. The van der Waals surface area contributed by atoms with Crippen LogP contribution in [0.3, 0.4) is 0 Å². The van der Waals surface area contributed by atoms with Crippen LogP contribution in [0.4, 0.5) is 5.69 Å². The lowest BCUT2D eigenvalue weighted by atomic mass is 10.1. The second-order valence-electron chi connectivity index (χ2n) is 6.35. The number of hydrogen-bond donors (Lipinski definition) is 1. The van der Waals surface area contributed by atoms with E-state index in [2.05, 4.69) is 11.4 Å². The van der Waals surface area contributed by atoms with E-state index in [0.29, 0.717) is 27.1 Å². The van der Waals surface area contributed by atoms with E-state index in [1.54, 1.807) is 0 Å². The minimum Gasteiger partial charge on any atom is -0.490 e. The summed E-state index contributed by atoms with van der Waals surface area (Å²) in [4.78, 5) is 22.9. The molecule has 3 rings (SSSR count). The van der Waals surface area contributed by atoms with E-state index in [1.807, 2.05) is 26.0 Å². The Kier molecular flexibility index (Phi) is 6.50. The summed E-state index contributed by atoms with van der Waals surface area (Å²) in [6, 6.07) is 10.2. The highest BCUT2D eigenvalue weighted by Gasteiger charge is 2.23. The Hall–Kier alpha value is -2.91. The third-order valence-electron chi connectivity index (χ3n) is 3.94. The van der Waals surface area contributed by atoms with Gasteiger partial charge in [0.2, 0.25) is 0 Å². The van der Waals surface area contributed by atoms with Crippen LogP contribution in [0.25, 0.3) is 6.08 Å². The number of amides is 1. The number of nitro groups is 1. The number of carbonyl (C=O) groups excluding carboxylic acids is 1. The van der Waals surface area contributed by atoms with E-state index in [1.165, 1.54) is 24.3 Å². The van der Waals surface area contributed by atoms with Crippen molar-refractivity contribution in [2.75, 3.05) is 13.2 Å². The van der Waals surface area contributed by atoms with Crippen molar-refractivity contribution < 1.29 is 19.2 Å². The lowest BCUT2D eigenvalue weighted by Gasteiger charge is -2.11. The Labute approximate surface area is 177 Å². The van der Waals surface area contributed by atoms with Crippen molar-refractivity contribution >= 4 is 46.0 Å². The van der Waals surface area contributed by atoms with E-state index in [4.69, 9.17) is 21.7 Å². The van der Waals surface area contributed by atoms with Gasteiger partial charge in [-0.15, -0.1) is 0 Å². The summed E-state index contributed by atoms with van der Waals surface area (Å²) in [6.07, 6.45) is 1.53. The van der Waals surface area contributed by atoms with Crippen molar-refractivity contribution in [1.82, 2.24) is 5.32 Å². The predicted octanol–water partition coefficient (Wildman–Crippen LogP) is 4.16. The van der Waals surface area contributed by atoms with Gasteiger partial charge in [0.15, 0.2) is 0 Å². The van der Waals surface area contributed by atoms with Crippen LogP contribution in [0.2, 0.25) is 0 Å². The molecule has 2 aromatic carbocycles. The quantitative estimate of drug-likeness (QED) is 0.232. The first-order valence-corrected chi connectivity index (χ1v) is 9.91. The van der Waals surface area contributed by atoms with Gasteiger partial charge in [-0.25, -0.2) is 0 Å². The minimum atomic E-state index is -0.499. The number of nitrogens with one attached hydrogen (secondary N) is 1. The fourth-order valence-electron chi connectivity index (χ4n) is 2.78. The highest BCUT2D eigenvalue weighted by molar-refractivity contribution is 8.26. The predicted molar refractivity (Wildman–Crippen MR) is 116 cm³/mol. The fraction of sp³-hybridized carbons (Fsp3) is 0.200. The molecular weight excluding hydrogens is 412 g/mol. The molecule has 0 spiro atoms. The normalized spacial score (nSPS) is 14.8. The molecule has 0 bridgehead atoms. The van der Waals surface area contributed by atoms with E-state index in [9.17, 15) is 14.9 Å². The Morgan fingerprint density at radius 2 is 1.83 bits per heavy atom.